The molecule has 0 saturated carbocycles. The van der Waals surface area contributed by atoms with E-state index in [-0.39, 0.29) is 18.3 Å². The molecule has 1 rings (SSSR count). The number of aryl methyl sites for hydroxylation is 1. The molecule has 0 N–H and O–H groups in total. The normalized spacial score (nSPS) is 11.6. The summed E-state index contributed by atoms with van der Waals surface area (Å²) in [6.07, 6.45) is -4.03. The number of halogens is 3. The van der Waals surface area contributed by atoms with E-state index in [0.717, 1.165) is 0 Å². The van der Waals surface area contributed by atoms with Crippen LogP contribution in [0.1, 0.15) is 37.8 Å². The molecule has 20 heavy (non-hydrogen) atoms. The minimum Gasteiger partial charge on any atom is -0.459 e. The molecule has 1 aromatic rings. The number of alkyl halides is 2. The molecule has 3 nitrogen and oxygen atoms in total. The average Bonchev–Trinajstić information content (AvgIpc) is 2.33. The first kappa shape index (κ1) is 16.7. The molecule has 0 atom stereocenters. The first-order valence-corrected chi connectivity index (χ1v) is 6.61. The maximum atomic E-state index is 13.6. The second-order valence-corrected chi connectivity index (χ2v) is 5.04. The Bertz CT molecular complexity index is 501. The van der Waals surface area contributed by atoms with E-state index in [9.17, 15) is 13.6 Å². The largest absolute Gasteiger partial charge is 0.502 e. The molecule has 0 spiro atoms. The lowest BCUT2D eigenvalue weighted by Crippen LogP contribution is -2.37. The van der Waals surface area contributed by atoms with Crippen LogP contribution >= 0.6 is 11.6 Å². The first-order chi connectivity index (χ1) is 9.19. The van der Waals surface area contributed by atoms with Gasteiger partial charge >= 0.3 is 12.1 Å². The molecular formula is C14H17ClF2O3. The predicted octanol–water partition coefficient (Wildman–Crippen LogP) is 4.31. The van der Waals surface area contributed by atoms with Gasteiger partial charge in [0.1, 0.15) is 5.75 Å². The third kappa shape index (κ3) is 3.82. The van der Waals surface area contributed by atoms with Crippen molar-refractivity contribution in [3.63, 3.8) is 0 Å². The van der Waals surface area contributed by atoms with E-state index in [1.165, 1.54) is 13.0 Å². The van der Waals surface area contributed by atoms with E-state index in [1.807, 2.05) is 13.8 Å². The van der Waals surface area contributed by atoms with Crippen molar-refractivity contribution < 1.29 is 23.0 Å². The van der Waals surface area contributed by atoms with Crippen molar-refractivity contribution in [2.45, 2.75) is 39.7 Å². The summed E-state index contributed by atoms with van der Waals surface area (Å²) in [5.74, 6) is -1.86. The van der Waals surface area contributed by atoms with Crippen molar-refractivity contribution in [2.24, 2.45) is 0 Å². The molecule has 0 aliphatic heterocycles. The van der Waals surface area contributed by atoms with Crippen molar-refractivity contribution in [3.05, 3.63) is 28.3 Å². The molecular weight excluding hydrogens is 290 g/mol. The van der Waals surface area contributed by atoms with Gasteiger partial charge in [-0.25, -0.2) is 4.79 Å². The van der Waals surface area contributed by atoms with Gasteiger partial charge in [-0.05, 0) is 43.0 Å². The van der Waals surface area contributed by atoms with Gasteiger partial charge in [-0.3, -0.25) is 0 Å². The highest BCUT2D eigenvalue weighted by Crippen LogP contribution is 2.35. The van der Waals surface area contributed by atoms with Gasteiger partial charge in [-0.15, -0.1) is 0 Å². The minimum absolute atomic E-state index is 0.0695. The van der Waals surface area contributed by atoms with Crippen molar-refractivity contribution >= 4 is 17.6 Å². The summed E-state index contributed by atoms with van der Waals surface area (Å²) in [4.78, 5) is 11.2. The van der Waals surface area contributed by atoms with Gasteiger partial charge in [-0.1, -0.05) is 25.4 Å². The van der Waals surface area contributed by atoms with Crippen molar-refractivity contribution in [3.8, 4) is 5.75 Å². The molecule has 0 radical (unpaired) electrons. The van der Waals surface area contributed by atoms with Gasteiger partial charge in [0.25, 0.3) is 0 Å². The zero-order valence-corrected chi connectivity index (χ0v) is 12.6. The highest BCUT2D eigenvalue weighted by molar-refractivity contribution is 6.31. The minimum atomic E-state index is -4.03. The lowest BCUT2D eigenvalue weighted by atomic mass is 10.0. The van der Waals surface area contributed by atoms with Crippen LogP contribution in [-0.4, -0.2) is 18.7 Å². The van der Waals surface area contributed by atoms with Gasteiger partial charge in [-0.2, -0.15) is 8.78 Å². The fourth-order valence-corrected chi connectivity index (χ4v) is 1.78. The Morgan fingerprint density at radius 1 is 1.40 bits per heavy atom. The molecule has 0 unspecified atom stereocenters. The number of rotatable bonds is 5. The Morgan fingerprint density at radius 2 is 2.00 bits per heavy atom. The molecule has 0 bridgehead atoms. The van der Waals surface area contributed by atoms with Crippen LogP contribution in [-0.2, 0) is 9.53 Å². The summed E-state index contributed by atoms with van der Waals surface area (Å²) in [5, 5.41) is 0.459. The van der Waals surface area contributed by atoms with Gasteiger partial charge in [0.2, 0.25) is 0 Å². The third-order valence-corrected chi connectivity index (χ3v) is 3.07. The second-order valence-electron chi connectivity index (χ2n) is 4.63. The molecule has 0 heterocycles. The van der Waals surface area contributed by atoms with Crippen LogP contribution in [0.5, 0.6) is 5.75 Å². The monoisotopic (exact) mass is 306 g/mol. The number of hydrogen-bond acceptors (Lipinski definition) is 3. The number of hydrogen-bond donors (Lipinski definition) is 0. The van der Waals surface area contributed by atoms with E-state index in [1.54, 1.807) is 13.0 Å². The number of carbonyl (C=O) groups is 1. The lowest BCUT2D eigenvalue weighted by Gasteiger charge is -2.20. The molecule has 0 aliphatic carbocycles. The molecule has 0 fully saturated rings. The Morgan fingerprint density at radius 3 is 2.50 bits per heavy atom. The summed E-state index contributed by atoms with van der Waals surface area (Å²) in [6, 6.07) is 2.96. The molecule has 1 aromatic carbocycles. The molecule has 6 heteroatoms. The van der Waals surface area contributed by atoms with Crippen LogP contribution in [0, 0.1) is 6.92 Å². The molecule has 0 saturated heterocycles. The highest BCUT2D eigenvalue weighted by Gasteiger charge is 2.44. The Hall–Kier alpha value is -1.36. The van der Waals surface area contributed by atoms with Crippen molar-refractivity contribution in [1.29, 1.82) is 0 Å². The smallest absolute Gasteiger partial charge is 0.459 e. The first-order valence-electron chi connectivity index (χ1n) is 6.23. The summed E-state index contributed by atoms with van der Waals surface area (Å²) in [7, 11) is 0. The summed E-state index contributed by atoms with van der Waals surface area (Å²) in [6.45, 7) is 6.60. The second kappa shape index (κ2) is 6.39. The molecule has 0 aromatic heterocycles. The van der Waals surface area contributed by atoms with Crippen LogP contribution in [0.3, 0.4) is 0 Å². The van der Waals surface area contributed by atoms with Crippen LogP contribution in [0.2, 0.25) is 5.02 Å². The quantitative estimate of drug-likeness (QED) is 0.761. The van der Waals surface area contributed by atoms with E-state index >= 15 is 0 Å². The van der Waals surface area contributed by atoms with Crippen LogP contribution in [0.25, 0.3) is 0 Å². The zero-order chi connectivity index (χ0) is 15.5. The molecule has 0 amide bonds. The van der Waals surface area contributed by atoms with E-state index in [4.69, 9.17) is 11.6 Å². The van der Waals surface area contributed by atoms with E-state index < -0.39 is 12.1 Å². The topological polar surface area (TPSA) is 35.5 Å². The zero-order valence-electron chi connectivity index (χ0n) is 11.8. The average molecular weight is 307 g/mol. The third-order valence-electron chi connectivity index (χ3n) is 2.66. The Balaban J connectivity index is 3.13. The fraction of sp³-hybridized carbons (Fsp3) is 0.500. The summed E-state index contributed by atoms with van der Waals surface area (Å²) in [5.41, 5.74) is 1.09. The number of benzene rings is 1. The van der Waals surface area contributed by atoms with Gasteiger partial charge in [0.15, 0.2) is 0 Å². The van der Waals surface area contributed by atoms with E-state index in [2.05, 4.69) is 9.47 Å². The fourth-order valence-electron chi connectivity index (χ4n) is 1.60. The van der Waals surface area contributed by atoms with Gasteiger partial charge < -0.3 is 9.47 Å². The maximum absolute atomic E-state index is 13.6. The van der Waals surface area contributed by atoms with Gasteiger partial charge in [0.05, 0.1) is 6.61 Å². The van der Waals surface area contributed by atoms with Gasteiger partial charge in [0, 0.05) is 5.02 Å². The lowest BCUT2D eigenvalue weighted by molar-refractivity contribution is -0.216. The molecule has 0 aliphatic rings. The van der Waals surface area contributed by atoms with Crippen molar-refractivity contribution in [1.82, 2.24) is 0 Å². The predicted molar refractivity (Wildman–Crippen MR) is 72.5 cm³/mol. The summed E-state index contributed by atoms with van der Waals surface area (Å²) < 4.78 is 36.1. The number of ether oxygens (including phenoxy) is 2. The van der Waals surface area contributed by atoms with E-state index in [0.29, 0.717) is 16.1 Å². The number of esters is 1. The van der Waals surface area contributed by atoms with Crippen molar-refractivity contribution in [2.75, 3.05) is 6.61 Å². The number of carbonyl (C=O) groups excluding carboxylic acids is 1. The Labute approximate surface area is 121 Å². The van der Waals surface area contributed by atoms with Crippen LogP contribution in [0.15, 0.2) is 12.1 Å². The van der Waals surface area contributed by atoms with Crippen LogP contribution in [0.4, 0.5) is 8.78 Å². The standard InChI is InChI=1S/C14H17ClF2O3/c1-5-19-13(18)14(16,17)20-12-6-9(4)11(15)7-10(12)8(2)3/h6-8H,5H2,1-4H3. The summed E-state index contributed by atoms with van der Waals surface area (Å²) >= 11 is 5.98. The highest BCUT2D eigenvalue weighted by atomic mass is 35.5. The Kier molecular flexibility index (Phi) is 5.34. The SMILES string of the molecule is CCOC(=O)C(F)(F)Oc1cc(C)c(Cl)cc1C(C)C. The molecule has 112 valence electrons. The maximum Gasteiger partial charge on any atom is 0.502 e. The van der Waals surface area contributed by atoms with Crippen LogP contribution < -0.4 is 4.74 Å².